The van der Waals surface area contributed by atoms with E-state index in [1.165, 1.54) is 45.4 Å². The number of rotatable bonds is 1. The van der Waals surface area contributed by atoms with Crippen molar-refractivity contribution in [3.8, 4) is 0 Å². The minimum absolute atomic E-state index is 1.19. The van der Waals surface area contributed by atoms with Gasteiger partial charge in [0, 0.05) is 26.2 Å². The summed E-state index contributed by atoms with van der Waals surface area (Å²) in [7, 11) is 0. The average molecular weight is 139 g/mol. The molecule has 57 valence electrons. The van der Waals surface area contributed by atoms with E-state index >= 15 is 0 Å². The van der Waals surface area contributed by atoms with Gasteiger partial charge in [0.05, 0.1) is 0 Å². The van der Waals surface area contributed by atoms with Gasteiger partial charge in [0.15, 0.2) is 0 Å². The maximum absolute atomic E-state index is 2.50. The van der Waals surface area contributed by atoms with Crippen molar-refractivity contribution in [2.24, 2.45) is 0 Å². The van der Waals surface area contributed by atoms with Gasteiger partial charge in [0.2, 0.25) is 0 Å². The Kier molecular flexibility index (Phi) is 1.91. The summed E-state index contributed by atoms with van der Waals surface area (Å²) in [6.45, 7) is 5.06. The van der Waals surface area contributed by atoms with E-state index in [0.717, 1.165) is 0 Å². The molecule has 2 saturated heterocycles. The summed E-state index contributed by atoms with van der Waals surface area (Å²) in [5, 5.41) is 4.98. The molecule has 2 heterocycles. The highest BCUT2D eigenvalue weighted by Crippen LogP contribution is 2.15. The van der Waals surface area contributed by atoms with Crippen LogP contribution in [0.15, 0.2) is 0 Å². The molecule has 2 aliphatic rings. The molecule has 2 heteroatoms. The molecule has 2 aliphatic heterocycles. The summed E-state index contributed by atoms with van der Waals surface area (Å²) in [6.07, 6.45) is 6.46. The molecule has 0 aromatic carbocycles. The summed E-state index contributed by atoms with van der Waals surface area (Å²) in [6, 6.07) is 0. The minimum atomic E-state index is 1.19. The predicted molar refractivity (Wildman–Crippen MR) is 41.3 cm³/mol. The number of hydrazine groups is 1. The summed E-state index contributed by atoms with van der Waals surface area (Å²) >= 11 is 0. The molecular weight excluding hydrogens is 124 g/mol. The van der Waals surface area contributed by atoms with E-state index in [4.69, 9.17) is 0 Å². The summed E-state index contributed by atoms with van der Waals surface area (Å²) in [4.78, 5) is 0. The van der Waals surface area contributed by atoms with Crippen molar-refractivity contribution >= 4 is 0 Å². The van der Waals surface area contributed by atoms with Crippen LogP contribution in [0.1, 0.15) is 19.3 Å². The second-order valence-electron chi connectivity index (χ2n) is 3.15. The fraction of sp³-hybridized carbons (Fsp3) is 0.875. The maximum atomic E-state index is 2.50. The van der Waals surface area contributed by atoms with Gasteiger partial charge in [0.25, 0.3) is 0 Å². The van der Waals surface area contributed by atoms with Crippen LogP contribution in [-0.2, 0) is 0 Å². The van der Waals surface area contributed by atoms with E-state index in [9.17, 15) is 0 Å². The number of nitrogens with zero attached hydrogens (tertiary/aromatic N) is 2. The molecule has 0 atom stereocenters. The van der Waals surface area contributed by atoms with E-state index in [-0.39, 0.29) is 0 Å². The molecule has 0 aromatic rings. The molecule has 2 rings (SSSR count). The van der Waals surface area contributed by atoms with E-state index in [2.05, 4.69) is 16.4 Å². The molecule has 10 heavy (non-hydrogen) atoms. The van der Waals surface area contributed by atoms with E-state index in [1.807, 2.05) is 0 Å². The zero-order valence-corrected chi connectivity index (χ0v) is 6.42. The summed E-state index contributed by atoms with van der Waals surface area (Å²) < 4.78 is 0. The first-order valence-electron chi connectivity index (χ1n) is 4.28. The quantitative estimate of drug-likeness (QED) is 0.532. The largest absolute Gasteiger partial charge is 0.242 e. The fourth-order valence-electron chi connectivity index (χ4n) is 1.81. The molecular formula is C8H15N2. The molecule has 0 aromatic heterocycles. The topological polar surface area (TPSA) is 6.48 Å². The molecule has 0 spiro atoms. The van der Waals surface area contributed by atoms with Crippen molar-refractivity contribution in [1.29, 1.82) is 0 Å². The van der Waals surface area contributed by atoms with Crippen molar-refractivity contribution in [2.75, 3.05) is 26.2 Å². The van der Waals surface area contributed by atoms with Crippen LogP contribution < -0.4 is 0 Å². The van der Waals surface area contributed by atoms with Gasteiger partial charge < -0.3 is 0 Å². The Balaban J connectivity index is 1.85. The number of hydrogen-bond donors (Lipinski definition) is 0. The van der Waals surface area contributed by atoms with Gasteiger partial charge in [-0.2, -0.15) is 0 Å². The van der Waals surface area contributed by atoms with Crippen LogP contribution in [-0.4, -0.2) is 36.2 Å². The monoisotopic (exact) mass is 139 g/mol. The van der Waals surface area contributed by atoms with Crippen LogP contribution in [0.5, 0.6) is 0 Å². The molecule has 1 radical (unpaired) electrons. The lowest BCUT2D eigenvalue weighted by molar-refractivity contribution is 0.0246. The first-order chi connectivity index (χ1) is 4.97. The molecule has 0 unspecified atom stereocenters. The van der Waals surface area contributed by atoms with Gasteiger partial charge >= 0.3 is 0 Å². The Labute approximate surface area is 62.8 Å². The Hall–Kier alpha value is -0.0800. The fourth-order valence-corrected chi connectivity index (χ4v) is 1.81. The zero-order chi connectivity index (χ0) is 6.81. The predicted octanol–water partition coefficient (Wildman–Crippen LogP) is 0.907. The molecule has 0 saturated carbocycles. The second-order valence-corrected chi connectivity index (χ2v) is 3.15. The lowest BCUT2D eigenvalue weighted by atomic mass is 10.4. The lowest BCUT2D eigenvalue weighted by Gasteiger charge is -2.26. The molecule has 0 amide bonds. The Morgan fingerprint density at radius 3 is 2.30 bits per heavy atom. The van der Waals surface area contributed by atoms with Crippen LogP contribution >= 0.6 is 0 Å². The third-order valence-corrected chi connectivity index (χ3v) is 2.41. The van der Waals surface area contributed by atoms with Gasteiger partial charge in [-0.3, -0.25) is 0 Å². The SMILES string of the molecule is [CH]1CCN(N2CCCC2)C1. The van der Waals surface area contributed by atoms with E-state index < -0.39 is 0 Å². The zero-order valence-electron chi connectivity index (χ0n) is 6.42. The van der Waals surface area contributed by atoms with Gasteiger partial charge in [-0.15, -0.1) is 0 Å². The third-order valence-electron chi connectivity index (χ3n) is 2.41. The van der Waals surface area contributed by atoms with Crippen LogP contribution in [0.2, 0.25) is 0 Å². The lowest BCUT2D eigenvalue weighted by Crippen LogP contribution is -2.38. The highest BCUT2D eigenvalue weighted by molar-refractivity contribution is 4.80. The van der Waals surface area contributed by atoms with Crippen molar-refractivity contribution in [3.63, 3.8) is 0 Å². The summed E-state index contributed by atoms with van der Waals surface area (Å²) in [5.74, 6) is 0. The molecule has 2 fully saturated rings. The van der Waals surface area contributed by atoms with Gasteiger partial charge in [-0.05, 0) is 25.7 Å². The summed E-state index contributed by atoms with van der Waals surface area (Å²) in [5.41, 5.74) is 0. The van der Waals surface area contributed by atoms with Gasteiger partial charge in [-0.25, -0.2) is 10.0 Å². The smallest absolute Gasteiger partial charge is 0.0165 e. The van der Waals surface area contributed by atoms with Crippen molar-refractivity contribution in [2.45, 2.75) is 19.3 Å². The molecule has 2 nitrogen and oxygen atoms in total. The highest BCUT2D eigenvalue weighted by atomic mass is 15.6. The molecule has 0 bridgehead atoms. The van der Waals surface area contributed by atoms with Gasteiger partial charge in [-0.1, -0.05) is 0 Å². The van der Waals surface area contributed by atoms with Crippen molar-refractivity contribution < 1.29 is 0 Å². The van der Waals surface area contributed by atoms with Crippen molar-refractivity contribution in [3.05, 3.63) is 6.42 Å². The first-order valence-corrected chi connectivity index (χ1v) is 4.28. The van der Waals surface area contributed by atoms with Crippen LogP contribution in [0.4, 0.5) is 0 Å². The van der Waals surface area contributed by atoms with Crippen LogP contribution in [0.3, 0.4) is 0 Å². The number of hydrogen-bond acceptors (Lipinski definition) is 2. The second kappa shape index (κ2) is 2.89. The Morgan fingerprint density at radius 1 is 0.900 bits per heavy atom. The standard InChI is InChI=1S/C8H15N2/c1-2-6-9(5-1)10-7-3-4-8-10/h1H,2-8H2. The third kappa shape index (κ3) is 1.18. The van der Waals surface area contributed by atoms with Gasteiger partial charge in [0.1, 0.15) is 0 Å². The minimum Gasteiger partial charge on any atom is -0.242 e. The normalized spacial score (nSPS) is 30.0. The highest BCUT2D eigenvalue weighted by Gasteiger charge is 2.21. The van der Waals surface area contributed by atoms with E-state index in [0.29, 0.717) is 0 Å². The van der Waals surface area contributed by atoms with Crippen LogP contribution in [0.25, 0.3) is 0 Å². The molecule has 0 aliphatic carbocycles. The van der Waals surface area contributed by atoms with E-state index in [1.54, 1.807) is 0 Å². The molecule has 0 N–H and O–H groups in total. The average Bonchev–Trinajstić information content (AvgIpc) is 2.59. The Morgan fingerprint density at radius 2 is 1.70 bits per heavy atom. The Bertz CT molecular complexity index is 87.8. The van der Waals surface area contributed by atoms with Crippen LogP contribution in [0, 0.1) is 6.42 Å². The maximum Gasteiger partial charge on any atom is 0.0165 e. The van der Waals surface area contributed by atoms with Crippen molar-refractivity contribution in [1.82, 2.24) is 10.0 Å². The first kappa shape index (κ1) is 6.62.